The zero-order valence-electron chi connectivity index (χ0n) is 9.89. The van der Waals surface area contributed by atoms with Gasteiger partial charge < -0.3 is 0 Å². The topological polar surface area (TPSA) is 17.1 Å². The molecule has 0 atom stereocenters. The molecule has 0 saturated heterocycles. The van der Waals surface area contributed by atoms with Gasteiger partial charge in [0.2, 0.25) is 0 Å². The average Bonchev–Trinajstić information content (AvgIpc) is 2.40. The van der Waals surface area contributed by atoms with Crippen LogP contribution in [0.2, 0.25) is 10.0 Å². The Morgan fingerprint density at radius 3 is 2.55 bits per heavy atom. The Kier molecular flexibility index (Phi) is 4.78. The number of Topliss-reactive ketones (excluding diaryl/α,β-unsaturated/α-hetero) is 1. The first kappa shape index (κ1) is 15.4. The molecule has 0 unspecified atom stereocenters. The fourth-order valence-electron chi connectivity index (χ4n) is 1.69. The van der Waals surface area contributed by atoms with Crippen molar-refractivity contribution in [1.29, 1.82) is 0 Å². The Bertz CT molecular complexity index is 689. The summed E-state index contributed by atoms with van der Waals surface area (Å²) in [5.74, 6) is -2.50. The van der Waals surface area contributed by atoms with Gasteiger partial charge in [0.1, 0.15) is 0 Å². The van der Waals surface area contributed by atoms with E-state index in [9.17, 15) is 13.6 Å². The van der Waals surface area contributed by atoms with Crippen LogP contribution in [0.1, 0.15) is 15.9 Å². The van der Waals surface area contributed by atoms with E-state index in [1.807, 2.05) is 0 Å². The molecule has 0 saturated carbocycles. The summed E-state index contributed by atoms with van der Waals surface area (Å²) in [5, 5.41) is 0.836. The van der Waals surface area contributed by atoms with Gasteiger partial charge in [0.15, 0.2) is 17.4 Å². The fourth-order valence-corrected chi connectivity index (χ4v) is 2.61. The zero-order chi connectivity index (χ0) is 14.9. The molecule has 6 heteroatoms. The van der Waals surface area contributed by atoms with E-state index >= 15 is 0 Å². The van der Waals surface area contributed by atoms with Crippen LogP contribution in [-0.2, 0) is 6.42 Å². The maximum Gasteiger partial charge on any atom is 0.173 e. The third-order valence-electron chi connectivity index (χ3n) is 2.69. The predicted octanol–water partition coefficient (Wildman–Crippen LogP) is 5.46. The quantitative estimate of drug-likeness (QED) is 0.511. The van der Waals surface area contributed by atoms with E-state index in [0.29, 0.717) is 15.6 Å². The first-order chi connectivity index (χ1) is 9.40. The summed E-state index contributed by atoms with van der Waals surface area (Å²) in [6.45, 7) is 0. The molecule has 20 heavy (non-hydrogen) atoms. The second kappa shape index (κ2) is 6.20. The maximum absolute atomic E-state index is 13.4. The monoisotopic (exact) mass is 378 g/mol. The minimum absolute atomic E-state index is 0.0525. The lowest BCUT2D eigenvalue weighted by atomic mass is 10.0. The van der Waals surface area contributed by atoms with Gasteiger partial charge in [-0.2, -0.15) is 0 Å². The van der Waals surface area contributed by atoms with Crippen molar-refractivity contribution < 1.29 is 13.6 Å². The third-order valence-corrected chi connectivity index (χ3v) is 4.07. The van der Waals surface area contributed by atoms with E-state index in [2.05, 4.69) is 15.9 Å². The minimum Gasteiger partial charge on any atom is -0.294 e. The van der Waals surface area contributed by atoms with Crippen molar-refractivity contribution >= 4 is 44.9 Å². The van der Waals surface area contributed by atoms with Crippen LogP contribution in [0.3, 0.4) is 0 Å². The highest BCUT2D eigenvalue weighted by Gasteiger charge is 2.18. The lowest BCUT2D eigenvalue weighted by Gasteiger charge is -2.07. The van der Waals surface area contributed by atoms with E-state index in [4.69, 9.17) is 23.2 Å². The summed E-state index contributed by atoms with van der Waals surface area (Å²) in [4.78, 5) is 12.1. The van der Waals surface area contributed by atoms with Gasteiger partial charge in [0.05, 0.1) is 4.47 Å². The van der Waals surface area contributed by atoms with E-state index in [1.165, 1.54) is 6.07 Å². The molecular weight excluding hydrogens is 373 g/mol. The van der Waals surface area contributed by atoms with Crippen molar-refractivity contribution in [1.82, 2.24) is 0 Å². The van der Waals surface area contributed by atoms with Crippen LogP contribution in [0.15, 0.2) is 34.8 Å². The van der Waals surface area contributed by atoms with Gasteiger partial charge in [-0.25, -0.2) is 8.78 Å². The van der Waals surface area contributed by atoms with Crippen LogP contribution in [0, 0.1) is 11.6 Å². The van der Waals surface area contributed by atoms with Gasteiger partial charge in [-0.1, -0.05) is 23.2 Å². The Morgan fingerprint density at radius 2 is 1.85 bits per heavy atom. The Hall–Kier alpha value is -0.970. The van der Waals surface area contributed by atoms with Crippen LogP contribution in [0.25, 0.3) is 0 Å². The lowest BCUT2D eigenvalue weighted by molar-refractivity contribution is 0.0991. The SMILES string of the molecule is O=C(Cc1cc(Cl)ccc1Cl)c1ccc(F)c(F)c1Br. The predicted molar refractivity (Wildman–Crippen MR) is 78.6 cm³/mol. The highest BCUT2D eigenvalue weighted by Crippen LogP contribution is 2.26. The fraction of sp³-hybridized carbons (Fsp3) is 0.0714. The summed E-state index contributed by atoms with van der Waals surface area (Å²) in [7, 11) is 0. The van der Waals surface area contributed by atoms with Crippen LogP contribution in [0.5, 0.6) is 0 Å². The molecule has 0 aliphatic heterocycles. The molecule has 0 N–H and O–H groups in total. The van der Waals surface area contributed by atoms with E-state index in [-0.39, 0.29) is 22.2 Å². The molecule has 0 bridgehead atoms. The molecule has 0 aliphatic rings. The largest absolute Gasteiger partial charge is 0.294 e. The maximum atomic E-state index is 13.4. The van der Waals surface area contributed by atoms with Gasteiger partial charge in [-0.05, 0) is 51.8 Å². The van der Waals surface area contributed by atoms with E-state index < -0.39 is 11.6 Å². The second-order valence-electron chi connectivity index (χ2n) is 4.06. The normalized spacial score (nSPS) is 10.7. The van der Waals surface area contributed by atoms with Gasteiger partial charge in [0.25, 0.3) is 0 Å². The van der Waals surface area contributed by atoms with Crippen molar-refractivity contribution in [2.45, 2.75) is 6.42 Å². The van der Waals surface area contributed by atoms with Gasteiger partial charge in [-0.15, -0.1) is 0 Å². The minimum atomic E-state index is -1.09. The molecule has 0 spiro atoms. The molecule has 0 aromatic heterocycles. The number of ketones is 1. The molecule has 0 radical (unpaired) electrons. The molecule has 0 amide bonds. The highest BCUT2D eigenvalue weighted by atomic mass is 79.9. The van der Waals surface area contributed by atoms with E-state index in [0.717, 1.165) is 6.07 Å². The number of carbonyl (C=O) groups is 1. The van der Waals surface area contributed by atoms with Crippen LogP contribution in [0.4, 0.5) is 8.78 Å². The zero-order valence-corrected chi connectivity index (χ0v) is 13.0. The van der Waals surface area contributed by atoms with Crippen LogP contribution < -0.4 is 0 Å². The van der Waals surface area contributed by atoms with Crippen LogP contribution >= 0.6 is 39.1 Å². The van der Waals surface area contributed by atoms with Gasteiger partial charge in [-0.3, -0.25) is 4.79 Å². The summed E-state index contributed by atoms with van der Waals surface area (Å²) >= 11 is 14.7. The molecule has 104 valence electrons. The molecule has 1 nitrogen and oxygen atoms in total. The Balaban J connectivity index is 2.33. The second-order valence-corrected chi connectivity index (χ2v) is 5.70. The molecular formula is C14H7BrCl2F2O. The molecule has 0 fully saturated rings. The molecule has 2 rings (SSSR count). The van der Waals surface area contributed by atoms with Gasteiger partial charge in [0, 0.05) is 22.0 Å². The smallest absolute Gasteiger partial charge is 0.173 e. The molecule has 2 aromatic rings. The first-order valence-corrected chi connectivity index (χ1v) is 7.05. The number of rotatable bonds is 3. The summed E-state index contributed by atoms with van der Waals surface area (Å²) < 4.78 is 26.2. The highest BCUT2D eigenvalue weighted by molar-refractivity contribution is 9.10. The van der Waals surface area contributed by atoms with Crippen molar-refractivity contribution in [3.8, 4) is 0 Å². The lowest BCUT2D eigenvalue weighted by Crippen LogP contribution is -2.07. The summed E-state index contributed by atoms with van der Waals surface area (Å²) in [6.07, 6.45) is -0.0525. The first-order valence-electron chi connectivity index (χ1n) is 5.50. The average molecular weight is 380 g/mol. The molecule has 2 aromatic carbocycles. The van der Waals surface area contributed by atoms with Crippen molar-refractivity contribution in [3.63, 3.8) is 0 Å². The summed E-state index contributed by atoms with van der Waals surface area (Å²) in [6, 6.07) is 6.88. The number of benzene rings is 2. The summed E-state index contributed by atoms with van der Waals surface area (Å²) in [5.41, 5.74) is 0.584. The number of hydrogen-bond acceptors (Lipinski definition) is 1. The molecule has 0 aliphatic carbocycles. The van der Waals surface area contributed by atoms with Crippen molar-refractivity contribution in [2.75, 3.05) is 0 Å². The van der Waals surface area contributed by atoms with Crippen LogP contribution in [-0.4, -0.2) is 5.78 Å². The Labute approximate surface area is 132 Å². The number of halogens is 5. The molecule has 0 heterocycles. The Morgan fingerprint density at radius 1 is 1.15 bits per heavy atom. The standard InChI is InChI=1S/C14H7BrCl2F2O/c15-13-9(2-4-11(18)14(13)19)12(20)6-7-5-8(16)1-3-10(7)17/h1-5H,6H2. The number of hydrogen-bond donors (Lipinski definition) is 0. The van der Waals surface area contributed by atoms with Crippen molar-refractivity contribution in [2.24, 2.45) is 0 Å². The van der Waals surface area contributed by atoms with Gasteiger partial charge >= 0.3 is 0 Å². The number of carbonyl (C=O) groups excluding carboxylic acids is 1. The third kappa shape index (κ3) is 3.19. The van der Waals surface area contributed by atoms with Crippen molar-refractivity contribution in [3.05, 3.63) is 67.6 Å². The van der Waals surface area contributed by atoms with E-state index in [1.54, 1.807) is 18.2 Å².